The third-order valence-corrected chi connectivity index (χ3v) is 3.32. The highest BCUT2D eigenvalue weighted by Crippen LogP contribution is 2.08. The molecule has 2 heterocycles. The van der Waals surface area contributed by atoms with Crippen molar-refractivity contribution in [2.24, 2.45) is 0 Å². The molecule has 0 bridgehead atoms. The SMILES string of the molecule is CS(=O)(=O)c1nnc(CCCNC(=O)c2ccccn2)o1. The second-order valence-corrected chi connectivity index (χ2v) is 6.20. The summed E-state index contributed by atoms with van der Waals surface area (Å²) in [6, 6.07) is 5.07. The number of amides is 1. The number of aromatic nitrogens is 3. The molecule has 0 saturated heterocycles. The van der Waals surface area contributed by atoms with E-state index in [4.69, 9.17) is 4.42 Å². The molecule has 1 N–H and O–H groups in total. The monoisotopic (exact) mass is 310 g/mol. The molecule has 2 rings (SSSR count). The van der Waals surface area contributed by atoms with Crippen molar-refractivity contribution in [2.45, 2.75) is 18.1 Å². The van der Waals surface area contributed by atoms with Crippen molar-refractivity contribution in [1.82, 2.24) is 20.5 Å². The summed E-state index contributed by atoms with van der Waals surface area (Å²) in [5.41, 5.74) is 0.342. The molecule has 21 heavy (non-hydrogen) atoms. The molecule has 112 valence electrons. The molecule has 8 nitrogen and oxygen atoms in total. The van der Waals surface area contributed by atoms with E-state index in [9.17, 15) is 13.2 Å². The van der Waals surface area contributed by atoms with Crippen molar-refractivity contribution >= 4 is 15.7 Å². The highest BCUT2D eigenvalue weighted by atomic mass is 32.2. The van der Waals surface area contributed by atoms with E-state index in [-0.39, 0.29) is 11.8 Å². The Bertz CT molecular complexity index is 712. The summed E-state index contributed by atoms with van der Waals surface area (Å²) in [5, 5.41) is 9.39. The molecule has 0 aromatic carbocycles. The van der Waals surface area contributed by atoms with Gasteiger partial charge in [0.15, 0.2) is 0 Å². The van der Waals surface area contributed by atoms with E-state index in [2.05, 4.69) is 20.5 Å². The van der Waals surface area contributed by atoms with Crippen LogP contribution in [0.15, 0.2) is 34.0 Å². The third kappa shape index (κ3) is 4.35. The highest BCUT2D eigenvalue weighted by Gasteiger charge is 2.16. The summed E-state index contributed by atoms with van der Waals surface area (Å²) >= 11 is 0. The third-order valence-electron chi connectivity index (χ3n) is 2.52. The fourth-order valence-corrected chi connectivity index (χ4v) is 1.95. The topological polar surface area (TPSA) is 115 Å². The lowest BCUT2D eigenvalue weighted by Gasteiger charge is -2.02. The quantitative estimate of drug-likeness (QED) is 0.759. The molecular weight excluding hydrogens is 296 g/mol. The number of nitrogens with one attached hydrogen (secondary N) is 1. The number of pyridine rings is 1. The maximum Gasteiger partial charge on any atom is 0.335 e. The summed E-state index contributed by atoms with van der Waals surface area (Å²) in [4.78, 5) is 15.6. The minimum Gasteiger partial charge on any atom is -0.413 e. The van der Waals surface area contributed by atoms with Crippen LogP contribution in [0.2, 0.25) is 0 Å². The van der Waals surface area contributed by atoms with Crippen molar-refractivity contribution < 1.29 is 17.6 Å². The van der Waals surface area contributed by atoms with Gasteiger partial charge < -0.3 is 9.73 Å². The second kappa shape index (κ2) is 6.44. The molecule has 0 saturated carbocycles. The predicted octanol–water partition coefficient (Wildman–Crippen LogP) is 0.231. The number of carbonyl (C=O) groups excluding carboxylic acids is 1. The summed E-state index contributed by atoms with van der Waals surface area (Å²) in [6.45, 7) is 0.395. The predicted molar refractivity (Wildman–Crippen MR) is 72.3 cm³/mol. The Labute approximate surface area is 121 Å². The molecule has 0 atom stereocenters. The summed E-state index contributed by atoms with van der Waals surface area (Å²) in [5.74, 6) is -0.0412. The van der Waals surface area contributed by atoms with Crippen LogP contribution in [0.25, 0.3) is 0 Å². The molecule has 1 amide bonds. The molecular formula is C12H14N4O4S. The molecule has 0 radical (unpaired) electrons. The number of nitrogens with zero attached hydrogens (tertiary/aromatic N) is 3. The Kier molecular flexibility index (Phi) is 4.63. The van der Waals surface area contributed by atoms with Gasteiger partial charge in [0.25, 0.3) is 5.91 Å². The summed E-state index contributed by atoms with van der Waals surface area (Å²) < 4.78 is 27.3. The van der Waals surface area contributed by atoms with Crippen molar-refractivity contribution in [3.63, 3.8) is 0 Å². The Morgan fingerprint density at radius 1 is 1.33 bits per heavy atom. The molecule has 0 aliphatic carbocycles. The van der Waals surface area contributed by atoms with E-state index in [0.29, 0.717) is 25.1 Å². The van der Waals surface area contributed by atoms with Crippen LogP contribution in [0.5, 0.6) is 0 Å². The molecule has 0 aliphatic heterocycles. The van der Waals surface area contributed by atoms with Crippen molar-refractivity contribution in [2.75, 3.05) is 12.8 Å². The number of hydrogen-bond donors (Lipinski definition) is 1. The summed E-state index contributed by atoms with van der Waals surface area (Å²) in [6.07, 6.45) is 3.46. The van der Waals surface area contributed by atoms with Gasteiger partial charge in [0.1, 0.15) is 5.69 Å². The molecule has 2 aromatic heterocycles. The maximum absolute atomic E-state index is 11.7. The number of carbonyl (C=O) groups is 1. The zero-order valence-corrected chi connectivity index (χ0v) is 12.1. The first kappa shape index (κ1) is 15.1. The average molecular weight is 310 g/mol. The van der Waals surface area contributed by atoms with Gasteiger partial charge in [-0.1, -0.05) is 11.2 Å². The number of rotatable bonds is 6. The first-order chi connectivity index (χ1) is 9.97. The Morgan fingerprint density at radius 2 is 2.14 bits per heavy atom. The van der Waals surface area contributed by atoms with Gasteiger partial charge in [0.05, 0.1) is 0 Å². The average Bonchev–Trinajstić information content (AvgIpc) is 2.93. The lowest BCUT2D eigenvalue weighted by molar-refractivity contribution is 0.0948. The van der Waals surface area contributed by atoms with Crippen LogP contribution < -0.4 is 5.32 Å². The Morgan fingerprint density at radius 3 is 2.76 bits per heavy atom. The standard InChI is InChI=1S/C12H14N4O4S/c1-21(18,19)12-16-15-10(20-12)6-4-8-14-11(17)9-5-2-3-7-13-9/h2-3,5,7H,4,6,8H2,1H3,(H,14,17). The van der Waals surface area contributed by atoms with Crippen LogP contribution in [0.3, 0.4) is 0 Å². The molecule has 0 spiro atoms. The smallest absolute Gasteiger partial charge is 0.335 e. The lowest BCUT2D eigenvalue weighted by atomic mass is 10.3. The maximum atomic E-state index is 11.7. The highest BCUT2D eigenvalue weighted by molar-refractivity contribution is 7.90. The lowest BCUT2D eigenvalue weighted by Crippen LogP contribution is -2.25. The normalized spacial score (nSPS) is 11.3. The van der Waals surface area contributed by atoms with E-state index in [0.717, 1.165) is 6.26 Å². The first-order valence-corrected chi connectivity index (χ1v) is 8.07. The molecule has 0 unspecified atom stereocenters. The fraction of sp³-hybridized carbons (Fsp3) is 0.333. The van der Waals surface area contributed by atoms with Crippen molar-refractivity contribution in [3.05, 3.63) is 36.0 Å². The van der Waals surface area contributed by atoms with E-state index >= 15 is 0 Å². The zero-order chi connectivity index (χ0) is 15.3. The minimum absolute atomic E-state index is 0.225. The molecule has 0 aliphatic rings. The zero-order valence-electron chi connectivity index (χ0n) is 11.3. The van der Waals surface area contributed by atoms with E-state index in [1.807, 2.05) is 0 Å². The van der Waals surface area contributed by atoms with Crippen molar-refractivity contribution in [3.8, 4) is 0 Å². The van der Waals surface area contributed by atoms with Crippen LogP contribution in [0.1, 0.15) is 22.8 Å². The second-order valence-electron chi connectivity index (χ2n) is 4.31. The molecule has 9 heteroatoms. The van der Waals surface area contributed by atoms with Crippen LogP contribution in [-0.4, -0.2) is 42.3 Å². The largest absolute Gasteiger partial charge is 0.413 e. The number of aryl methyl sites for hydroxylation is 1. The Balaban J connectivity index is 1.78. The van der Waals surface area contributed by atoms with Gasteiger partial charge in [0, 0.05) is 25.4 Å². The fourth-order valence-electron chi connectivity index (χ4n) is 1.52. The van der Waals surface area contributed by atoms with Gasteiger partial charge in [-0.2, -0.15) is 0 Å². The van der Waals surface area contributed by atoms with Gasteiger partial charge >= 0.3 is 5.22 Å². The number of hydrogen-bond acceptors (Lipinski definition) is 7. The van der Waals surface area contributed by atoms with Crippen molar-refractivity contribution in [1.29, 1.82) is 0 Å². The van der Waals surface area contributed by atoms with E-state index in [1.54, 1.807) is 24.4 Å². The van der Waals surface area contributed by atoms with E-state index < -0.39 is 15.1 Å². The summed E-state index contributed by atoms with van der Waals surface area (Å²) in [7, 11) is -3.48. The minimum atomic E-state index is -3.48. The van der Waals surface area contributed by atoms with Crippen LogP contribution in [0, 0.1) is 0 Å². The van der Waals surface area contributed by atoms with Crippen LogP contribution in [0.4, 0.5) is 0 Å². The van der Waals surface area contributed by atoms with Gasteiger partial charge in [-0.3, -0.25) is 9.78 Å². The molecule has 0 fully saturated rings. The molecule has 2 aromatic rings. The first-order valence-electron chi connectivity index (χ1n) is 6.18. The van der Waals surface area contributed by atoms with Gasteiger partial charge in [-0.15, -0.1) is 5.10 Å². The van der Waals surface area contributed by atoms with Gasteiger partial charge in [-0.25, -0.2) is 8.42 Å². The van der Waals surface area contributed by atoms with Gasteiger partial charge in [-0.05, 0) is 18.6 Å². The number of sulfone groups is 1. The van der Waals surface area contributed by atoms with Crippen LogP contribution in [-0.2, 0) is 16.3 Å². The van der Waals surface area contributed by atoms with Crippen LogP contribution >= 0.6 is 0 Å². The van der Waals surface area contributed by atoms with Gasteiger partial charge in [0.2, 0.25) is 15.7 Å². The van der Waals surface area contributed by atoms with E-state index in [1.165, 1.54) is 0 Å². The Hall–Kier alpha value is -2.29.